The van der Waals surface area contributed by atoms with Gasteiger partial charge in [-0.3, -0.25) is 9.78 Å². The molecular weight excluding hydrogens is 314 g/mol. The Hall–Kier alpha value is -3.46. The second-order valence-electron chi connectivity index (χ2n) is 5.57. The molecule has 0 aliphatic heterocycles. The second kappa shape index (κ2) is 6.97. The van der Waals surface area contributed by atoms with Gasteiger partial charge in [0.1, 0.15) is 23.0 Å². The van der Waals surface area contributed by atoms with Crippen LogP contribution >= 0.6 is 0 Å². The van der Waals surface area contributed by atoms with Crippen molar-refractivity contribution in [3.63, 3.8) is 0 Å². The maximum Gasteiger partial charge on any atom is 0.291 e. The van der Waals surface area contributed by atoms with E-state index >= 15 is 0 Å². The summed E-state index contributed by atoms with van der Waals surface area (Å²) in [6.07, 6.45) is 3.25. The lowest BCUT2D eigenvalue weighted by molar-refractivity contribution is 0.620. The Labute approximate surface area is 145 Å². The number of pyridine rings is 1. The standard InChI is InChI=1S/C19H17N5O/c1-3-24-19(25)18(22-15-8-5-9-21-12-15)16(11-20)17(23-24)14-7-4-6-13(2)10-14/h4-10,12,22H,3H2,1-2H3. The van der Waals surface area contributed by atoms with Gasteiger partial charge in [-0.15, -0.1) is 0 Å². The van der Waals surface area contributed by atoms with Crippen LogP contribution in [0.5, 0.6) is 0 Å². The first-order chi connectivity index (χ1) is 12.1. The Morgan fingerprint density at radius 2 is 2.12 bits per heavy atom. The topological polar surface area (TPSA) is 83.6 Å². The second-order valence-corrected chi connectivity index (χ2v) is 5.57. The van der Waals surface area contributed by atoms with Crippen LogP contribution in [-0.4, -0.2) is 14.8 Å². The van der Waals surface area contributed by atoms with E-state index in [1.54, 1.807) is 24.5 Å². The molecule has 0 radical (unpaired) electrons. The summed E-state index contributed by atoms with van der Waals surface area (Å²) in [5.74, 6) is 0. The zero-order valence-corrected chi connectivity index (χ0v) is 14.0. The van der Waals surface area contributed by atoms with Crippen LogP contribution in [0, 0.1) is 18.3 Å². The van der Waals surface area contributed by atoms with E-state index in [4.69, 9.17) is 0 Å². The van der Waals surface area contributed by atoms with Crippen LogP contribution in [0.25, 0.3) is 11.3 Å². The van der Waals surface area contributed by atoms with E-state index in [2.05, 4.69) is 21.5 Å². The van der Waals surface area contributed by atoms with E-state index in [1.165, 1.54) is 4.68 Å². The summed E-state index contributed by atoms with van der Waals surface area (Å²) in [5, 5.41) is 17.1. The summed E-state index contributed by atoms with van der Waals surface area (Å²) in [7, 11) is 0. The molecule has 0 fully saturated rings. The summed E-state index contributed by atoms with van der Waals surface area (Å²) in [6.45, 7) is 4.22. The summed E-state index contributed by atoms with van der Waals surface area (Å²) >= 11 is 0. The number of nitrogens with zero attached hydrogens (tertiary/aromatic N) is 4. The first kappa shape index (κ1) is 16.4. The van der Waals surface area contributed by atoms with Gasteiger partial charge in [-0.2, -0.15) is 10.4 Å². The molecule has 0 saturated carbocycles. The Bertz CT molecular complexity index is 1000. The average Bonchev–Trinajstić information content (AvgIpc) is 2.64. The molecule has 3 rings (SSSR count). The number of nitrogens with one attached hydrogen (secondary N) is 1. The van der Waals surface area contributed by atoms with Crippen LogP contribution < -0.4 is 10.9 Å². The quantitative estimate of drug-likeness (QED) is 0.793. The third kappa shape index (κ3) is 3.26. The molecule has 0 atom stereocenters. The van der Waals surface area contributed by atoms with Crippen molar-refractivity contribution in [2.24, 2.45) is 0 Å². The Kier molecular flexibility index (Phi) is 4.57. The number of hydrogen-bond donors (Lipinski definition) is 1. The van der Waals surface area contributed by atoms with Gasteiger partial charge in [0.25, 0.3) is 5.56 Å². The highest BCUT2D eigenvalue weighted by Gasteiger charge is 2.18. The van der Waals surface area contributed by atoms with E-state index in [1.807, 2.05) is 38.1 Å². The van der Waals surface area contributed by atoms with Crippen molar-refractivity contribution in [2.45, 2.75) is 20.4 Å². The fraction of sp³-hybridized carbons (Fsp3) is 0.158. The molecule has 0 aliphatic carbocycles. The first-order valence-corrected chi connectivity index (χ1v) is 7.93. The molecule has 6 nitrogen and oxygen atoms in total. The van der Waals surface area contributed by atoms with Crippen molar-refractivity contribution in [2.75, 3.05) is 5.32 Å². The van der Waals surface area contributed by atoms with E-state index in [-0.39, 0.29) is 16.8 Å². The number of anilines is 2. The third-order valence-corrected chi connectivity index (χ3v) is 3.79. The molecule has 2 heterocycles. The fourth-order valence-electron chi connectivity index (χ4n) is 2.59. The lowest BCUT2D eigenvalue weighted by Gasteiger charge is -2.14. The molecule has 0 bridgehead atoms. The maximum absolute atomic E-state index is 12.7. The molecule has 0 aliphatic rings. The summed E-state index contributed by atoms with van der Waals surface area (Å²) in [6, 6.07) is 13.4. The molecule has 0 unspecified atom stereocenters. The van der Waals surface area contributed by atoms with E-state index < -0.39 is 0 Å². The number of nitriles is 1. The van der Waals surface area contributed by atoms with Gasteiger partial charge >= 0.3 is 0 Å². The lowest BCUT2D eigenvalue weighted by Crippen LogP contribution is -2.26. The molecular formula is C19H17N5O. The number of aromatic nitrogens is 3. The zero-order chi connectivity index (χ0) is 17.8. The van der Waals surface area contributed by atoms with Crippen molar-refractivity contribution < 1.29 is 0 Å². The third-order valence-electron chi connectivity index (χ3n) is 3.79. The van der Waals surface area contributed by atoms with Crippen molar-refractivity contribution >= 4 is 11.4 Å². The minimum atomic E-state index is -0.334. The Balaban J connectivity index is 2.25. The van der Waals surface area contributed by atoms with Crippen LogP contribution in [0.2, 0.25) is 0 Å². The van der Waals surface area contributed by atoms with Gasteiger partial charge in [0.05, 0.1) is 11.9 Å². The number of benzene rings is 1. The number of aryl methyl sites for hydroxylation is 2. The molecule has 1 N–H and O–H groups in total. The SMILES string of the molecule is CCn1nc(-c2cccc(C)c2)c(C#N)c(Nc2cccnc2)c1=O. The summed E-state index contributed by atoms with van der Waals surface area (Å²) < 4.78 is 1.36. The number of rotatable bonds is 4. The minimum Gasteiger partial charge on any atom is -0.349 e. The van der Waals surface area contributed by atoms with Crippen molar-refractivity contribution in [1.82, 2.24) is 14.8 Å². The molecule has 0 saturated heterocycles. The van der Waals surface area contributed by atoms with Crippen LogP contribution in [0.15, 0.2) is 53.6 Å². The van der Waals surface area contributed by atoms with Gasteiger partial charge < -0.3 is 5.32 Å². The van der Waals surface area contributed by atoms with Crippen LogP contribution in [0.1, 0.15) is 18.1 Å². The lowest BCUT2D eigenvalue weighted by atomic mass is 10.0. The van der Waals surface area contributed by atoms with E-state index in [0.29, 0.717) is 17.9 Å². The van der Waals surface area contributed by atoms with Crippen LogP contribution in [0.4, 0.5) is 11.4 Å². The predicted molar refractivity (Wildman–Crippen MR) is 96.6 cm³/mol. The zero-order valence-electron chi connectivity index (χ0n) is 14.0. The molecule has 3 aromatic rings. The molecule has 6 heteroatoms. The Morgan fingerprint density at radius 1 is 1.28 bits per heavy atom. The van der Waals surface area contributed by atoms with Crippen molar-refractivity contribution in [1.29, 1.82) is 5.26 Å². The van der Waals surface area contributed by atoms with Gasteiger partial charge in [0, 0.05) is 18.3 Å². The predicted octanol–water partition coefficient (Wildman–Crippen LogP) is 3.25. The number of hydrogen-bond acceptors (Lipinski definition) is 5. The molecule has 0 amide bonds. The molecule has 0 spiro atoms. The molecule has 25 heavy (non-hydrogen) atoms. The van der Waals surface area contributed by atoms with Gasteiger partial charge in [-0.05, 0) is 32.0 Å². The molecule has 2 aromatic heterocycles. The highest BCUT2D eigenvalue weighted by atomic mass is 16.1. The Morgan fingerprint density at radius 3 is 2.76 bits per heavy atom. The van der Waals surface area contributed by atoms with Crippen molar-refractivity contribution in [3.05, 3.63) is 70.3 Å². The maximum atomic E-state index is 12.7. The first-order valence-electron chi connectivity index (χ1n) is 7.93. The smallest absolute Gasteiger partial charge is 0.291 e. The van der Waals surface area contributed by atoms with Crippen LogP contribution in [-0.2, 0) is 6.54 Å². The summed E-state index contributed by atoms with van der Waals surface area (Å²) in [4.78, 5) is 16.7. The molecule has 124 valence electrons. The van der Waals surface area contributed by atoms with E-state index in [0.717, 1.165) is 11.1 Å². The largest absolute Gasteiger partial charge is 0.349 e. The van der Waals surface area contributed by atoms with Gasteiger partial charge in [-0.1, -0.05) is 23.8 Å². The normalized spacial score (nSPS) is 10.3. The monoisotopic (exact) mass is 331 g/mol. The highest BCUT2D eigenvalue weighted by molar-refractivity contribution is 5.76. The summed E-state index contributed by atoms with van der Waals surface area (Å²) in [5.41, 5.74) is 3.08. The van der Waals surface area contributed by atoms with Crippen LogP contribution in [0.3, 0.4) is 0 Å². The average molecular weight is 331 g/mol. The minimum absolute atomic E-state index is 0.212. The fourth-order valence-corrected chi connectivity index (χ4v) is 2.59. The van der Waals surface area contributed by atoms with Crippen molar-refractivity contribution in [3.8, 4) is 17.3 Å². The highest BCUT2D eigenvalue weighted by Crippen LogP contribution is 2.26. The van der Waals surface area contributed by atoms with Gasteiger partial charge in [-0.25, -0.2) is 4.68 Å². The van der Waals surface area contributed by atoms with E-state index in [9.17, 15) is 10.1 Å². The van der Waals surface area contributed by atoms with Gasteiger partial charge in [0.15, 0.2) is 0 Å². The van der Waals surface area contributed by atoms with Gasteiger partial charge in [0.2, 0.25) is 0 Å². The molecule has 1 aromatic carbocycles.